The number of nitrogens with one attached hydrogen (secondary N) is 1. The number of carboxylic acid groups (broad SMARTS) is 2. The minimum Gasteiger partial charge on any atom is -0.481 e. The van der Waals surface area contributed by atoms with Gasteiger partial charge in [-0.15, -0.1) is 11.3 Å². The zero-order valence-corrected chi connectivity index (χ0v) is 22.3. The van der Waals surface area contributed by atoms with Crippen molar-refractivity contribution in [3.63, 3.8) is 0 Å². The van der Waals surface area contributed by atoms with Gasteiger partial charge >= 0.3 is 18.0 Å². The van der Waals surface area contributed by atoms with Crippen LogP contribution in [0.4, 0.5) is 4.79 Å². The lowest BCUT2D eigenvalue weighted by Crippen LogP contribution is -2.42. The number of aromatic carboxylic acids is 1. The first-order chi connectivity index (χ1) is 17.2. The Bertz CT molecular complexity index is 1300. The average Bonchev–Trinajstić information content (AvgIpc) is 3.48. The summed E-state index contributed by atoms with van der Waals surface area (Å²) in [6, 6.07) is 13.0. The number of halogens is 1. The molecule has 4 rings (SSSR count). The maximum atomic E-state index is 12.5. The van der Waals surface area contributed by atoms with E-state index in [4.69, 9.17) is 4.74 Å². The molecular formula is C27H28BrNO6S. The molecule has 1 aliphatic rings. The fourth-order valence-electron chi connectivity index (χ4n) is 4.77. The molecule has 0 bridgehead atoms. The molecule has 3 aromatic rings. The van der Waals surface area contributed by atoms with Gasteiger partial charge in [-0.25, -0.2) is 9.59 Å². The maximum Gasteiger partial charge on any atom is 0.407 e. The average molecular weight is 574 g/mol. The Labute approximate surface area is 221 Å². The summed E-state index contributed by atoms with van der Waals surface area (Å²) in [4.78, 5) is 36.7. The SMILES string of the molecule is CCC(Cc1ccc2sc(-c3ccccc3C(=O)O)c(Br)c2c1)OC(=O)NCC1(C(=O)O)CCCC1. The van der Waals surface area contributed by atoms with Crippen LogP contribution in [0.25, 0.3) is 20.5 Å². The first-order valence-corrected chi connectivity index (χ1v) is 13.6. The molecule has 0 saturated heterocycles. The minimum atomic E-state index is -0.973. The number of aliphatic carboxylic acids is 1. The molecule has 1 heterocycles. The van der Waals surface area contributed by atoms with Gasteiger partial charge in [-0.2, -0.15) is 0 Å². The predicted molar refractivity (Wildman–Crippen MR) is 143 cm³/mol. The lowest BCUT2D eigenvalue weighted by molar-refractivity contribution is -0.148. The lowest BCUT2D eigenvalue weighted by atomic mass is 9.86. The van der Waals surface area contributed by atoms with E-state index in [1.165, 1.54) is 11.3 Å². The van der Waals surface area contributed by atoms with E-state index in [0.29, 0.717) is 31.2 Å². The van der Waals surface area contributed by atoms with E-state index < -0.39 is 23.4 Å². The van der Waals surface area contributed by atoms with Gasteiger partial charge < -0.3 is 20.3 Å². The van der Waals surface area contributed by atoms with Gasteiger partial charge in [0.1, 0.15) is 6.10 Å². The standard InChI is InChI=1S/C27H28BrNO6S/c1-2-17(35-26(34)29-15-27(25(32)33)11-5-6-12-27)13-16-9-10-21-20(14-16)22(28)23(36-21)18-7-3-4-8-19(18)24(30)31/h3-4,7-10,14,17H,2,5-6,11-13,15H2,1H3,(H,29,34)(H,30,31)(H,32,33). The van der Waals surface area contributed by atoms with Gasteiger partial charge in [0.05, 0.1) is 15.9 Å². The van der Waals surface area contributed by atoms with Gasteiger partial charge in [0.15, 0.2) is 0 Å². The van der Waals surface area contributed by atoms with E-state index in [-0.39, 0.29) is 18.2 Å². The zero-order chi connectivity index (χ0) is 25.9. The molecule has 1 unspecified atom stereocenters. The van der Waals surface area contributed by atoms with Crippen molar-refractivity contribution in [3.8, 4) is 10.4 Å². The Morgan fingerprint density at radius 3 is 2.53 bits per heavy atom. The van der Waals surface area contributed by atoms with Gasteiger partial charge in [0.25, 0.3) is 0 Å². The molecule has 1 atom stereocenters. The molecular weight excluding hydrogens is 546 g/mol. The number of rotatable bonds is 9. The topological polar surface area (TPSA) is 113 Å². The Kier molecular flexibility index (Phi) is 8.00. The monoisotopic (exact) mass is 573 g/mol. The van der Waals surface area contributed by atoms with E-state index >= 15 is 0 Å². The number of hydrogen-bond acceptors (Lipinski definition) is 5. The van der Waals surface area contributed by atoms with Gasteiger partial charge in [-0.05, 0) is 59.0 Å². The molecule has 9 heteroatoms. The van der Waals surface area contributed by atoms with Gasteiger partial charge in [0.2, 0.25) is 0 Å². The number of hydrogen-bond donors (Lipinski definition) is 3. The summed E-state index contributed by atoms with van der Waals surface area (Å²) >= 11 is 5.19. The Morgan fingerprint density at radius 1 is 1.14 bits per heavy atom. The van der Waals surface area contributed by atoms with Crippen LogP contribution in [0.5, 0.6) is 0 Å². The number of carbonyl (C=O) groups excluding carboxylic acids is 1. The third kappa shape index (κ3) is 5.42. The number of alkyl carbamates (subject to hydrolysis) is 1. The highest BCUT2D eigenvalue weighted by Crippen LogP contribution is 2.44. The molecule has 1 saturated carbocycles. The molecule has 1 aromatic heterocycles. The molecule has 3 N–H and O–H groups in total. The second-order valence-corrected chi connectivity index (χ2v) is 11.1. The summed E-state index contributed by atoms with van der Waals surface area (Å²) in [6.07, 6.45) is 2.99. The molecule has 0 radical (unpaired) electrons. The first kappa shape index (κ1) is 26.2. The summed E-state index contributed by atoms with van der Waals surface area (Å²) in [5.41, 5.74) is 0.996. The summed E-state index contributed by atoms with van der Waals surface area (Å²) in [5.74, 6) is -1.84. The smallest absolute Gasteiger partial charge is 0.407 e. The highest BCUT2D eigenvalue weighted by molar-refractivity contribution is 9.10. The number of fused-ring (bicyclic) bond motifs is 1. The van der Waals surface area contributed by atoms with Crippen molar-refractivity contribution in [1.29, 1.82) is 0 Å². The molecule has 7 nitrogen and oxygen atoms in total. The predicted octanol–water partition coefficient (Wildman–Crippen LogP) is 6.72. The Morgan fingerprint density at radius 2 is 1.86 bits per heavy atom. The van der Waals surface area contributed by atoms with Crippen LogP contribution in [0, 0.1) is 5.41 Å². The van der Waals surface area contributed by atoms with Gasteiger partial charge in [-0.3, -0.25) is 4.79 Å². The minimum absolute atomic E-state index is 0.0754. The third-order valence-electron chi connectivity index (χ3n) is 6.87. The fraction of sp³-hybridized carbons (Fsp3) is 0.370. The van der Waals surface area contributed by atoms with Crippen LogP contribution in [-0.4, -0.2) is 40.9 Å². The normalized spacial score (nSPS) is 15.5. The van der Waals surface area contributed by atoms with E-state index in [2.05, 4.69) is 21.2 Å². The second kappa shape index (κ2) is 11.0. The van der Waals surface area contributed by atoms with Crippen molar-refractivity contribution < 1.29 is 29.3 Å². The highest BCUT2D eigenvalue weighted by Gasteiger charge is 2.41. The number of carboxylic acids is 2. The molecule has 36 heavy (non-hydrogen) atoms. The fourth-order valence-corrected chi connectivity index (χ4v) is 6.80. The first-order valence-electron chi connectivity index (χ1n) is 12.0. The van der Waals surface area contributed by atoms with Crippen molar-refractivity contribution in [2.24, 2.45) is 5.41 Å². The van der Waals surface area contributed by atoms with Crippen molar-refractivity contribution in [2.45, 2.75) is 51.6 Å². The quantitative estimate of drug-likeness (QED) is 0.262. The van der Waals surface area contributed by atoms with Crippen LogP contribution in [-0.2, 0) is 16.0 Å². The van der Waals surface area contributed by atoms with Crippen LogP contribution >= 0.6 is 27.3 Å². The number of thiophene rings is 1. The van der Waals surface area contributed by atoms with Crippen LogP contribution in [0.15, 0.2) is 46.9 Å². The molecule has 190 valence electrons. The van der Waals surface area contributed by atoms with Crippen LogP contribution < -0.4 is 5.32 Å². The number of carbonyl (C=O) groups is 3. The van der Waals surface area contributed by atoms with E-state index in [1.54, 1.807) is 18.2 Å². The summed E-state index contributed by atoms with van der Waals surface area (Å²) in [6.45, 7) is 2.01. The molecule has 1 aliphatic carbocycles. The summed E-state index contributed by atoms with van der Waals surface area (Å²) in [7, 11) is 0. The largest absolute Gasteiger partial charge is 0.481 e. The van der Waals surface area contributed by atoms with Crippen molar-refractivity contribution in [3.05, 3.63) is 58.1 Å². The Hall–Kier alpha value is -2.91. The maximum absolute atomic E-state index is 12.5. The molecule has 0 aliphatic heterocycles. The second-order valence-electron chi connectivity index (χ2n) is 9.21. The van der Waals surface area contributed by atoms with E-state index in [9.17, 15) is 24.6 Å². The highest BCUT2D eigenvalue weighted by atomic mass is 79.9. The summed E-state index contributed by atoms with van der Waals surface area (Å²) < 4.78 is 7.48. The number of ether oxygens (including phenoxy) is 1. The summed E-state index contributed by atoms with van der Waals surface area (Å²) in [5, 5.41) is 22.8. The van der Waals surface area contributed by atoms with E-state index in [1.807, 2.05) is 31.2 Å². The Balaban J connectivity index is 1.47. The molecule has 1 fully saturated rings. The van der Waals surface area contributed by atoms with Crippen LogP contribution in [0.1, 0.15) is 54.9 Å². The van der Waals surface area contributed by atoms with Gasteiger partial charge in [0, 0.05) is 33.1 Å². The molecule has 2 aromatic carbocycles. The van der Waals surface area contributed by atoms with Crippen molar-refractivity contribution in [2.75, 3.05) is 6.54 Å². The zero-order valence-electron chi connectivity index (χ0n) is 19.9. The molecule has 0 spiro atoms. The van der Waals surface area contributed by atoms with Crippen LogP contribution in [0.3, 0.4) is 0 Å². The van der Waals surface area contributed by atoms with Crippen molar-refractivity contribution in [1.82, 2.24) is 5.32 Å². The number of benzene rings is 2. The molecule has 1 amide bonds. The van der Waals surface area contributed by atoms with Gasteiger partial charge in [-0.1, -0.05) is 44.0 Å². The number of amides is 1. The lowest BCUT2D eigenvalue weighted by Gasteiger charge is -2.24. The van der Waals surface area contributed by atoms with E-state index in [0.717, 1.165) is 37.8 Å². The van der Waals surface area contributed by atoms with Crippen LogP contribution in [0.2, 0.25) is 0 Å². The van der Waals surface area contributed by atoms with Crippen molar-refractivity contribution >= 4 is 55.4 Å². The third-order valence-corrected chi connectivity index (χ3v) is 9.16.